The Balaban J connectivity index is 1.39. The summed E-state index contributed by atoms with van der Waals surface area (Å²) in [6.07, 6.45) is 6.29. The first-order valence-electron chi connectivity index (χ1n) is 9.00. The molecule has 0 bridgehead atoms. The minimum Gasteiger partial charge on any atom is -0.390 e. The molecule has 4 rings (SSSR count). The zero-order valence-electron chi connectivity index (χ0n) is 14.8. The topological polar surface area (TPSA) is 91.2 Å². The lowest BCUT2D eigenvalue weighted by Gasteiger charge is -2.36. The molecule has 2 atom stereocenters. The number of amides is 1. The Morgan fingerprint density at radius 2 is 2.07 bits per heavy atom. The Bertz CT molecular complexity index is 929. The minimum absolute atomic E-state index is 0.260. The van der Waals surface area contributed by atoms with Gasteiger partial charge in [0.1, 0.15) is 5.69 Å². The Morgan fingerprint density at radius 1 is 1.19 bits per heavy atom. The van der Waals surface area contributed by atoms with Crippen molar-refractivity contribution in [2.45, 2.75) is 25.1 Å². The Hall–Kier alpha value is -2.90. The van der Waals surface area contributed by atoms with E-state index in [0.29, 0.717) is 13.0 Å². The van der Waals surface area contributed by atoms with Crippen LogP contribution in [0.1, 0.15) is 22.5 Å². The number of para-hydroxylation sites is 1. The van der Waals surface area contributed by atoms with Crippen LogP contribution in [0, 0.1) is 0 Å². The molecular formula is C20H21N5O2. The average Bonchev–Trinajstić information content (AvgIpc) is 2.71. The number of β-amino-alcohol motifs (C(OH)–C–C–N with tert-alkyl or cyclic N) is 1. The van der Waals surface area contributed by atoms with Crippen LogP contribution in [0.2, 0.25) is 0 Å². The lowest BCUT2D eigenvalue weighted by atomic mass is 10.0. The summed E-state index contributed by atoms with van der Waals surface area (Å²) in [6.45, 7) is 2.03. The van der Waals surface area contributed by atoms with Crippen LogP contribution in [-0.4, -0.2) is 56.1 Å². The number of likely N-dealkylation sites (tertiary alicyclic amines) is 1. The highest BCUT2D eigenvalue weighted by atomic mass is 16.3. The van der Waals surface area contributed by atoms with Gasteiger partial charge in [0.15, 0.2) is 0 Å². The van der Waals surface area contributed by atoms with Crippen LogP contribution in [0.25, 0.3) is 10.9 Å². The van der Waals surface area contributed by atoms with Crippen molar-refractivity contribution in [1.82, 2.24) is 25.2 Å². The molecule has 0 aliphatic carbocycles. The molecule has 1 fully saturated rings. The van der Waals surface area contributed by atoms with Crippen LogP contribution >= 0.6 is 0 Å². The fourth-order valence-corrected chi connectivity index (χ4v) is 3.50. The number of carbonyl (C=O) groups is 1. The molecule has 7 nitrogen and oxygen atoms in total. The summed E-state index contributed by atoms with van der Waals surface area (Å²) in [7, 11) is 0. The van der Waals surface area contributed by atoms with Crippen LogP contribution in [0.3, 0.4) is 0 Å². The van der Waals surface area contributed by atoms with E-state index in [2.05, 4.69) is 31.2 Å². The standard InChI is InChI=1S/C20H21N5O2/c26-19-13-25(12-14-5-7-22-16-4-2-1-3-15(14)16)10-6-17(19)24-20(27)18-11-21-8-9-23-18/h1-5,7-9,11,17,19,26H,6,10,12-13H2,(H,24,27)/t17-,19-/m1/s1. The van der Waals surface area contributed by atoms with E-state index >= 15 is 0 Å². The van der Waals surface area contributed by atoms with E-state index in [0.717, 1.165) is 24.0 Å². The second-order valence-corrected chi connectivity index (χ2v) is 6.75. The third kappa shape index (κ3) is 3.94. The van der Waals surface area contributed by atoms with Gasteiger partial charge in [0.05, 0.1) is 23.9 Å². The van der Waals surface area contributed by atoms with E-state index in [-0.39, 0.29) is 17.6 Å². The second-order valence-electron chi connectivity index (χ2n) is 6.75. The highest BCUT2D eigenvalue weighted by Crippen LogP contribution is 2.20. The van der Waals surface area contributed by atoms with Crippen molar-refractivity contribution in [1.29, 1.82) is 0 Å². The molecule has 0 radical (unpaired) electrons. The number of aliphatic hydroxyl groups excluding tert-OH is 1. The van der Waals surface area contributed by atoms with Crippen molar-refractivity contribution in [3.63, 3.8) is 0 Å². The van der Waals surface area contributed by atoms with E-state index in [1.54, 1.807) is 0 Å². The van der Waals surface area contributed by atoms with Crippen molar-refractivity contribution in [3.05, 3.63) is 66.4 Å². The number of rotatable bonds is 4. The molecule has 0 unspecified atom stereocenters. The second kappa shape index (κ2) is 7.77. The van der Waals surface area contributed by atoms with Gasteiger partial charge in [-0.3, -0.25) is 19.7 Å². The van der Waals surface area contributed by atoms with E-state index < -0.39 is 6.10 Å². The number of hydrogen-bond donors (Lipinski definition) is 2. The maximum atomic E-state index is 12.2. The van der Waals surface area contributed by atoms with E-state index in [9.17, 15) is 9.90 Å². The van der Waals surface area contributed by atoms with Gasteiger partial charge in [-0.2, -0.15) is 0 Å². The molecule has 1 aliphatic heterocycles. The molecular weight excluding hydrogens is 342 g/mol. The van der Waals surface area contributed by atoms with Crippen molar-refractivity contribution in [2.24, 2.45) is 0 Å². The van der Waals surface area contributed by atoms with Gasteiger partial charge in [-0.05, 0) is 24.1 Å². The van der Waals surface area contributed by atoms with Gasteiger partial charge in [0, 0.05) is 43.6 Å². The Morgan fingerprint density at radius 3 is 2.89 bits per heavy atom. The number of pyridine rings is 1. The Kier molecular flexibility index (Phi) is 5.04. The van der Waals surface area contributed by atoms with Gasteiger partial charge in [0.25, 0.3) is 5.91 Å². The number of hydrogen-bond acceptors (Lipinski definition) is 6. The highest BCUT2D eigenvalue weighted by Gasteiger charge is 2.29. The largest absolute Gasteiger partial charge is 0.390 e. The molecule has 3 aromatic rings. The molecule has 1 saturated heterocycles. The van der Waals surface area contributed by atoms with Gasteiger partial charge >= 0.3 is 0 Å². The number of aromatic nitrogens is 3. The maximum Gasteiger partial charge on any atom is 0.271 e. The van der Waals surface area contributed by atoms with Gasteiger partial charge in [-0.25, -0.2) is 4.98 Å². The predicted octanol–water partition coefficient (Wildman–Crippen LogP) is 1.39. The first-order valence-corrected chi connectivity index (χ1v) is 9.00. The smallest absolute Gasteiger partial charge is 0.271 e. The number of benzene rings is 1. The van der Waals surface area contributed by atoms with Crippen molar-refractivity contribution in [3.8, 4) is 0 Å². The fourth-order valence-electron chi connectivity index (χ4n) is 3.50. The molecule has 2 N–H and O–H groups in total. The summed E-state index contributed by atoms with van der Waals surface area (Å²) in [5.74, 6) is -0.305. The summed E-state index contributed by atoms with van der Waals surface area (Å²) in [5.41, 5.74) is 2.42. The molecule has 1 aromatic carbocycles. The van der Waals surface area contributed by atoms with Gasteiger partial charge < -0.3 is 10.4 Å². The molecule has 138 valence electrons. The van der Waals surface area contributed by atoms with Crippen LogP contribution < -0.4 is 5.32 Å². The lowest BCUT2D eigenvalue weighted by molar-refractivity contribution is 0.0350. The number of piperidine rings is 1. The highest BCUT2D eigenvalue weighted by molar-refractivity contribution is 5.92. The van der Waals surface area contributed by atoms with Crippen molar-refractivity contribution >= 4 is 16.8 Å². The zero-order chi connectivity index (χ0) is 18.6. The molecule has 7 heteroatoms. The van der Waals surface area contributed by atoms with Crippen LogP contribution in [0.5, 0.6) is 0 Å². The minimum atomic E-state index is -0.632. The SMILES string of the molecule is O=C(N[C@@H]1CCN(Cc2ccnc3ccccc23)C[C@H]1O)c1cnccn1. The summed E-state index contributed by atoms with van der Waals surface area (Å²) in [5, 5.41) is 14.5. The average molecular weight is 363 g/mol. The van der Waals surface area contributed by atoms with E-state index in [1.165, 1.54) is 24.2 Å². The van der Waals surface area contributed by atoms with Crippen LogP contribution in [-0.2, 0) is 6.54 Å². The predicted molar refractivity (Wildman–Crippen MR) is 101 cm³/mol. The van der Waals surface area contributed by atoms with Crippen molar-refractivity contribution in [2.75, 3.05) is 13.1 Å². The number of fused-ring (bicyclic) bond motifs is 1. The van der Waals surface area contributed by atoms with Crippen LogP contribution in [0.4, 0.5) is 0 Å². The lowest BCUT2D eigenvalue weighted by Crippen LogP contribution is -2.53. The first kappa shape index (κ1) is 17.5. The summed E-state index contributed by atoms with van der Waals surface area (Å²) >= 11 is 0. The van der Waals surface area contributed by atoms with Gasteiger partial charge in [-0.15, -0.1) is 0 Å². The molecule has 1 amide bonds. The molecule has 1 aliphatic rings. The number of carbonyl (C=O) groups excluding carboxylic acids is 1. The zero-order valence-corrected chi connectivity index (χ0v) is 14.8. The summed E-state index contributed by atoms with van der Waals surface area (Å²) in [4.78, 5) is 26.7. The van der Waals surface area contributed by atoms with E-state index in [4.69, 9.17) is 0 Å². The normalized spacial score (nSPS) is 20.5. The van der Waals surface area contributed by atoms with Crippen LogP contribution in [0.15, 0.2) is 55.1 Å². The number of nitrogens with one attached hydrogen (secondary N) is 1. The van der Waals surface area contributed by atoms with Gasteiger partial charge in [-0.1, -0.05) is 18.2 Å². The van der Waals surface area contributed by atoms with E-state index in [1.807, 2.05) is 30.5 Å². The van der Waals surface area contributed by atoms with Gasteiger partial charge in [0.2, 0.25) is 0 Å². The molecule has 0 saturated carbocycles. The Labute approximate surface area is 157 Å². The first-order chi connectivity index (χ1) is 13.2. The third-order valence-corrected chi connectivity index (χ3v) is 4.91. The quantitative estimate of drug-likeness (QED) is 0.728. The fraction of sp³-hybridized carbons (Fsp3) is 0.300. The molecule has 2 aromatic heterocycles. The third-order valence-electron chi connectivity index (χ3n) is 4.91. The molecule has 0 spiro atoms. The maximum absolute atomic E-state index is 12.2. The monoisotopic (exact) mass is 363 g/mol. The molecule has 3 heterocycles. The summed E-state index contributed by atoms with van der Waals surface area (Å²) in [6, 6.07) is 9.80. The number of nitrogens with zero attached hydrogens (tertiary/aromatic N) is 4. The number of aliphatic hydroxyl groups is 1. The molecule has 27 heavy (non-hydrogen) atoms. The summed E-state index contributed by atoms with van der Waals surface area (Å²) < 4.78 is 0. The van der Waals surface area contributed by atoms with Crippen molar-refractivity contribution < 1.29 is 9.90 Å².